The van der Waals surface area contributed by atoms with Crippen LogP contribution in [-0.4, -0.2) is 37.7 Å². The molecule has 1 fully saturated rings. The minimum absolute atomic E-state index is 0.427. The molecule has 2 atom stereocenters. The van der Waals surface area contributed by atoms with Crippen LogP contribution >= 0.6 is 0 Å². The van der Waals surface area contributed by atoms with Crippen LogP contribution in [0.15, 0.2) is 35.2 Å². The van der Waals surface area contributed by atoms with Crippen LogP contribution < -0.4 is 0 Å². The van der Waals surface area contributed by atoms with Crippen LogP contribution in [0.25, 0.3) is 0 Å². The molecule has 3 rings (SSSR count). The van der Waals surface area contributed by atoms with Gasteiger partial charge in [0.15, 0.2) is 0 Å². The van der Waals surface area contributed by atoms with E-state index in [0.29, 0.717) is 11.8 Å². The van der Waals surface area contributed by atoms with Gasteiger partial charge in [0.25, 0.3) is 0 Å². The second-order valence-electron chi connectivity index (χ2n) is 6.26. The lowest BCUT2D eigenvalue weighted by Gasteiger charge is -2.25. The topological polar surface area (TPSA) is 38.1 Å². The van der Waals surface area contributed by atoms with Gasteiger partial charge in [0, 0.05) is 41.5 Å². The van der Waals surface area contributed by atoms with Crippen molar-refractivity contribution in [1.82, 2.24) is 14.7 Å². The highest BCUT2D eigenvalue weighted by molar-refractivity contribution is 7.85. The van der Waals surface area contributed by atoms with E-state index in [4.69, 9.17) is 0 Å². The Balaban J connectivity index is 1.69. The Bertz CT molecular complexity index is 696. The Morgan fingerprint density at radius 3 is 2.65 bits per heavy atom. The summed E-state index contributed by atoms with van der Waals surface area (Å²) in [6.45, 7) is 6.21. The zero-order chi connectivity index (χ0) is 16.4. The van der Waals surface area contributed by atoms with Gasteiger partial charge in [0.2, 0.25) is 0 Å². The fraction of sp³-hybridized carbons (Fsp3) is 0.500. The summed E-state index contributed by atoms with van der Waals surface area (Å²) in [7, 11) is 1.09. The molecule has 0 radical (unpaired) electrons. The molecule has 2 aromatic rings. The van der Waals surface area contributed by atoms with Crippen LogP contribution in [0.3, 0.4) is 0 Å². The minimum atomic E-state index is -0.919. The zero-order valence-electron chi connectivity index (χ0n) is 14.2. The van der Waals surface area contributed by atoms with Crippen molar-refractivity contribution in [2.24, 2.45) is 7.05 Å². The lowest BCUT2D eigenvalue weighted by atomic mass is 10.0. The summed E-state index contributed by atoms with van der Waals surface area (Å²) >= 11 is 0. The average molecular weight is 331 g/mol. The van der Waals surface area contributed by atoms with Crippen molar-refractivity contribution in [3.63, 3.8) is 0 Å². The Morgan fingerprint density at radius 1 is 1.26 bits per heavy atom. The molecule has 0 bridgehead atoms. The lowest BCUT2D eigenvalue weighted by molar-refractivity contribution is 0.271. The van der Waals surface area contributed by atoms with Gasteiger partial charge >= 0.3 is 0 Å². The van der Waals surface area contributed by atoms with E-state index in [1.165, 1.54) is 24.1 Å². The number of likely N-dealkylation sites (tertiary alicyclic amines) is 1. The maximum absolute atomic E-state index is 12.5. The van der Waals surface area contributed by atoms with Crippen molar-refractivity contribution in [3.8, 4) is 0 Å². The minimum Gasteiger partial charge on any atom is -0.295 e. The highest BCUT2D eigenvalue weighted by Gasteiger charge is 2.30. The fourth-order valence-electron chi connectivity index (χ4n) is 3.58. The smallest absolute Gasteiger partial charge is 0.0644 e. The molecule has 1 aliphatic heterocycles. The molecular weight excluding hydrogens is 306 g/mol. The monoisotopic (exact) mass is 331 g/mol. The molecule has 0 unspecified atom stereocenters. The Hall–Kier alpha value is -1.46. The predicted molar refractivity (Wildman–Crippen MR) is 93.9 cm³/mol. The second kappa shape index (κ2) is 6.97. The molecule has 4 nitrogen and oxygen atoms in total. The highest BCUT2D eigenvalue weighted by atomic mass is 32.2. The number of rotatable bonds is 5. The quantitative estimate of drug-likeness (QED) is 0.845. The molecule has 0 amide bonds. The fourth-order valence-corrected chi connectivity index (χ4v) is 4.68. The van der Waals surface area contributed by atoms with E-state index in [-0.39, 0.29) is 0 Å². The molecule has 2 heterocycles. The first-order valence-corrected chi connectivity index (χ1v) is 9.57. The van der Waals surface area contributed by atoms with Crippen LogP contribution in [0.1, 0.15) is 35.8 Å². The molecule has 23 heavy (non-hydrogen) atoms. The first-order valence-electron chi connectivity index (χ1n) is 8.25. The van der Waals surface area contributed by atoms with E-state index in [2.05, 4.69) is 23.8 Å². The summed E-state index contributed by atoms with van der Waals surface area (Å²) in [6.07, 6.45) is 2.38. The molecular formula is C18H25N3OS. The molecule has 1 aromatic heterocycles. The van der Waals surface area contributed by atoms with Crippen molar-refractivity contribution in [2.75, 3.05) is 18.8 Å². The van der Waals surface area contributed by atoms with Crippen LogP contribution in [0.2, 0.25) is 0 Å². The number of nitrogens with zero attached hydrogens (tertiary/aromatic N) is 3. The number of hydrogen-bond acceptors (Lipinski definition) is 3. The summed E-state index contributed by atoms with van der Waals surface area (Å²) in [6, 6.07) is 10.2. The van der Waals surface area contributed by atoms with Crippen molar-refractivity contribution >= 4 is 10.8 Å². The van der Waals surface area contributed by atoms with Crippen molar-refractivity contribution in [1.29, 1.82) is 0 Å². The normalized spacial score (nSPS) is 20.0. The van der Waals surface area contributed by atoms with E-state index in [1.807, 2.05) is 42.1 Å². The molecule has 0 aliphatic carbocycles. The number of hydrogen-bond donors (Lipinski definition) is 0. The highest BCUT2D eigenvalue weighted by Crippen LogP contribution is 2.35. The van der Waals surface area contributed by atoms with E-state index < -0.39 is 10.8 Å². The number of aromatic nitrogens is 2. The van der Waals surface area contributed by atoms with E-state index in [0.717, 1.165) is 23.7 Å². The van der Waals surface area contributed by atoms with Crippen LogP contribution in [-0.2, 0) is 17.8 Å². The van der Waals surface area contributed by atoms with Gasteiger partial charge < -0.3 is 0 Å². The zero-order valence-corrected chi connectivity index (χ0v) is 15.0. The summed E-state index contributed by atoms with van der Waals surface area (Å²) in [5, 5.41) is 4.56. The predicted octanol–water partition coefficient (Wildman–Crippen LogP) is 2.98. The molecule has 1 saturated heterocycles. The summed E-state index contributed by atoms with van der Waals surface area (Å²) in [5.74, 6) is 0.693. The van der Waals surface area contributed by atoms with E-state index >= 15 is 0 Å². The molecule has 0 N–H and O–H groups in total. The largest absolute Gasteiger partial charge is 0.295 e. The molecule has 5 heteroatoms. The Labute approximate surface area is 141 Å². The maximum Gasteiger partial charge on any atom is 0.0644 e. The molecule has 0 spiro atoms. The third kappa shape index (κ3) is 3.40. The van der Waals surface area contributed by atoms with Crippen LogP contribution in [0.5, 0.6) is 0 Å². The maximum atomic E-state index is 12.5. The first-order chi connectivity index (χ1) is 11.1. The number of benzene rings is 1. The Morgan fingerprint density at radius 2 is 2.00 bits per heavy atom. The van der Waals surface area contributed by atoms with Gasteiger partial charge in [-0.3, -0.25) is 13.8 Å². The van der Waals surface area contributed by atoms with Gasteiger partial charge in [0.05, 0.1) is 16.5 Å². The van der Waals surface area contributed by atoms with Crippen LogP contribution in [0, 0.1) is 13.8 Å². The summed E-state index contributed by atoms with van der Waals surface area (Å²) in [5.41, 5.74) is 3.75. The third-order valence-corrected chi connectivity index (χ3v) is 6.18. The SMILES string of the molecule is Cc1nn(C)c(C)c1[C@H]1CCCN1CC[S@@](=O)c1ccccc1. The van der Waals surface area contributed by atoms with Crippen molar-refractivity contribution in [3.05, 3.63) is 47.3 Å². The van der Waals surface area contributed by atoms with Crippen molar-refractivity contribution < 1.29 is 4.21 Å². The van der Waals surface area contributed by atoms with Gasteiger partial charge in [-0.2, -0.15) is 5.10 Å². The van der Waals surface area contributed by atoms with Gasteiger partial charge in [0.1, 0.15) is 0 Å². The molecule has 124 valence electrons. The molecule has 1 aromatic carbocycles. The first kappa shape index (κ1) is 16.4. The Kier molecular flexibility index (Phi) is 4.97. The second-order valence-corrected chi connectivity index (χ2v) is 7.84. The average Bonchev–Trinajstić information content (AvgIpc) is 3.10. The van der Waals surface area contributed by atoms with Gasteiger partial charge in [-0.05, 0) is 45.4 Å². The standard InChI is InChI=1S/C18H25N3OS/c1-14-18(15(2)20(3)19-14)17-10-7-11-21(17)12-13-23(22)16-8-5-4-6-9-16/h4-6,8-9,17H,7,10-13H2,1-3H3/t17-,23-/m1/s1. The third-order valence-electron chi connectivity index (χ3n) is 4.83. The van der Waals surface area contributed by atoms with Crippen molar-refractivity contribution in [2.45, 2.75) is 37.6 Å². The summed E-state index contributed by atoms with van der Waals surface area (Å²) < 4.78 is 14.4. The summed E-state index contributed by atoms with van der Waals surface area (Å²) in [4.78, 5) is 3.41. The van der Waals surface area contributed by atoms with E-state index in [1.54, 1.807) is 0 Å². The molecule has 0 saturated carbocycles. The van der Waals surface area contributed by atoms with Gasteiger partial charge in [-0.15, -0.1) is 0 Å². The van der Waals surface area contributed by atoms with E-state index in [9.17, 15) is 4.21 Å². The van der Waals surface area contributed by atoms with Gasteiger partial charge in [-0.1, -0.05) is 18.2 Å². The van der Waals surface area contributed by atoms with Gasteiger partial charge in [-0.25, -0.2) is 0 Å². The number of aryl methyl sites for hydroxylation is 2. The molecule has 1 aliphatic rings. The lowest BCUT2D eigenvalue weighted by Crippen LogP contribution is -2.28. The van der Waals surface area contributed by atoms with Crippen LogP contribution in [0.4, 0.5) is 0 Å².